The van der Waals surface area contributed by atoms with E-state index in [1.54, 1.807) is 24.3 Å². The SMILES string of the molecule is FC(F)(F)c1cc(Oc2c(-c3ccc(-c4ccccc4)cc3)[nH]c3ccccc23)cc(C(F)(F)F)c1. The summed E-state index contributed by atoms with van der Waals surface area (Å²) in [6, 6.07) is 25.1. The lowest BCUT2D eigenvalue weighted by Gasteiger charge is -2.15. The average molecular weight is 497 g/mol. The standard InChI is InChI=1S/C28H17F6NO/c29-27(30,31)20-14-21(28(32,33)34)16-22(15-20)36-26-23-8-4-5-9-24(23)35-25(26)19-12-10-18(11-13-19)17-6-2-1-3-7-17/h1-16,35H. The van der Waals surface area contributed by atoms with Gasteiger partial charge in [-0.15, -0.1) is 0 Å². The van der Waals surface area contributed by atoms with Crippen LogP contribution in [-0.4, -0.2) is 4.98 Å². The number of H-pyrrole nitrogens is 1. The Morgan fingerprint density at radius 2 is 1.08 bits per heavy atom. The zero-order valence-electron chi connectivity index (χ0n) is 18.4. The van der Waals surface area contributed by atoms with E-state index in [1.165, 1.54) is 0 Å². The van der Waals surface area contributed by atoms with Crippen molar-refractivity contribution in [2.75, 3.05) is 0 Å². The second kappa shape index (κ2) is 8.78. The molecule has 2 nitrogen and oxygen atoms in total. The van der Waals surface area contributed by atoms with Crippen LogP contribution < -0.4 is 4.74 Å². The minimum Gasteiger partial charge on any atom is -0.454 e. The topological polar surface area (TPSA) is 25.0 Å². The summed E-state index contributed by atoms with van der Waals surface area (Å²) in [6.45, 7) is 0. The molecule has 1 heterocycles. The van der Waals surface area contributed by atoms with Crippen LogP contribution in [0.1, 0.15) is 11.1 Å². The third-order valence-electron chi connectivity index (χ3n) is 5.72. The third kappa shape index (κ3) is 4.66. The van der Waals surface area contributed by atoms with Crippen LogP contribution in [0.15, 0.2) is 97.1 Å². The summed E-state index contributed by atoms with van der Waals surface area (Å²) in [5.41, 5.74) is 0.775. The molecular formula is C28H17F6NO. The molecule has 182 valence electrons. The number of hydrogen-bond acceptors (Lipinski definition) is 1. The van der Waals surface area contributed by atoms with Crippen molar-refractivity contribution in [2.45, 2.75) is 12.4 Å². The Labute approximate surface area is 201 Å². The maximum Gasteiger partial charge on any atom is 0.416 e. The third-order valence-corrected chi connectivity index (χ3v) is 5.72. The molecule has 0 bridgehead atoms. The Balaban J connectivity index is 1.61. The summed E-state index contributed by atoms with van der Waals surface area (Å²) in [5, 5.41) is 0.519. The molecule has 1 N–H and O–H groups in total. The number of nitrogens with one attached hydrogen (secondary N) is 1. The minimum atomic E-state index is -4.98. The molecule has 5 rings (SSSR count). The van der Waals surface area contributed by atoms with Gasteiger partial charge in [0.2, 0.25) is 0 Å². The maximum absolute atomic E-state index is 13.4. The lowest BCUT2D eigenvalue weighted by Crippen LogP contribution is -2.11. The molecule has 0 aliphatic carbocycles. The van der Waals surface area contributed by atoms with Gasteiger partial charge in [0.05, 0.1) is 16.8 Å². The Morgan fingerprint density at radius 3 is 1.69 bits per heavy atom. The largest absolute Gasteiger partial charge is 0.454 e. The second-order valence-corrected chi connectivity index (χ2v) is 8.16. The van der Waals surface area contributed by atoms with Crippen molar-refractivity contribution >= 4 is 10.9 Å². The summed E-state index contributed by atoms with van der Waals surface area (Å²) in [6.07, 6.45) is -9.95. The Hall–Kier alpha value is -4.20. The van der Waals surface area contributed by atoms with Crippen LogP contribution >= 0.6 is 0 Å². The van der Waals surface area contributed by atoms with Gasteiger partial charge in [-0.05, 0) is 41.5 Å². The van der Waals surface area contributed by atoms with Crippen LogP contribution in [0.3, 0.4) is 0 Å². The predicted octanol–water partition coefficient (Wildman–Crippen LogP) is 9.33. The van der Waals surface area contributed by atoms with Gasteiger partial charge in [-0.2, -0.15) is 26.3 Å². The second-order valence-electron chi connectivity index (χ2n) is 8.16. The molecule has 1 aromatic heterocycles. The normalized spacial score (nSPS) is 12.2. The highest BCUT2D eigenvalue weighted by atomic mass is 19.4. The molecule has 0 atom stereocenters. The van der Waals surface area contributed by atoms with E-state index in [4.69, 9.17) is 4.74 Å². The molecular weight excluding hydrogens is 480 g/mol. The Bertz CT molecular complexity index is 1480. The molecule has 0 amide bonds. The predicted molar refractivity (Wildman–Crippen MR) is 126 cm³/mol. The van der Waals surface area contributed by atoms with E-state index in [1.807, 2.05) is 54.6 Å². The monoisotopic (exact) mass is 497 g/mol. The van der Waals surface area contributed by atoms with Gasteiger partial charge >= 0.3 is 12.4 Å². The van der Waals surface area contributed by atoms with Gasteiger partial charge in [-0.3, -0.25) is 0 Å². The minimum absolute atomic E-state index is 0.0747. The van der Waals surface area contributed by atoms with Crippen LogP contribution in [-0.2, 0) is 12.4 Å². The highest BCUT2D eigenvalue weighted by Gasteiger charge is 2.37. The first-order valence-electron chi connectivity index (χ1n) is 10.8. The molecule has 0 aliphatic rings. The zero-order chi connectivity index (χ0) is 25.5. The zero-order valence-corrected chi connectivity index (χ0v) is 18.4. The van der Waals surface area contributed by atoms with E-state index in [0.29, 0.717) is 34.3 Å². The van der Waals surface area contributed by atoms with E-state index in [9.17, 15) is 26.3 Å². The number of ether oxygens (including phenoxy) is 1. The van der Waals surface area contributed by atoms with Crippen molar-refractivity contribution in [2.24, 2.45) is 0 Å². The molecule has 0 aliphatic heterocycles. The average Bonchev–Trinajstić information content (AvgIpc) is 3.22. The van der Waals surface area contributed by atoms with Crippen LogP contribution in [0.5, 0.6) is 11.5 Å². The molecule has 0 saturated carbocycles. The highest BCUT2D eigenvalue weighted by molar-refractivity contribution is 5.94. The molecule has 0 fully saturated rings. The molecule has 0 radical (unpaired) electrons. The number of aromatic nitrogens is 1. The summed E-state index contributed by atoms with van der Waals surface area (Å²) < 4.78 is 85.9. The van der Waals surface area contributed by atoms with E-state index >= 15 is 0 Å². The summed E-state index contributed by atoms with van der Waals surface area (Å²) in [5.74, 6) is -0.436. The molecule has 36 heavy (non-hydrogen) atoms. The highest BCUT2D eigenvalue weighted by Crippen LogP contribution is 2.43. The van der Waals surface area contributed by atoms with E-state index in [0.717, 1.165) is 11.1 Å². The Kier molecular flexibility index (Phi) is 5.74. The quantitative estimate of drug-likeness (QED) is 0.246. The van der Waals surface area contributed by atoms with Gasteiger partial charge in [0.15, 0.2) is 5.75 Å². The van der Waals surface area contributed by atoms with Crippen molar-refractivity contribution in [3.05, 3.63) is 108 Å². The lowest BCUT2D eigenvalue weighted by atomic mass is 10.0. The van der Waals surface area contributed by atoms with Crippen molar-refractivity contribution in [1.82, 2.24) is 4.98 Å². The van der Waals surface area contributed by atoms with Crippen molar-refractivity contribution in [3.63, 3.8) is 0 Å². The molecule has 5 aromatic rings. The number of halogens is 6. The van der Waals surface area contributed by atoms with Crippen molar-refractivity contribution in [1.29, 1.82) is 0 Å². The van der Waals surface area contributed by atoms with E-state index < -0.39 is 29.2 Å². The number of aromatic amines is 1. The summed E-state index contributed by atoms with van der Waals surface area (Å²) in [4.78, 5) is 3.18. The molecule has 8 heteroatoms. The Morgan fingerprint density at radius 1 is 0.556 bits per heavy atom. The van der Waals surface area contributed by atoms with Gasteiger partial charge < -0.3 is 9.72 Å². The van der Waals surface area contributed by atoms with E-state index in [2.05, 4.69) is 4.98 Å². The molecule has 0 saturated heterocycles. The van der Waals surface area contributed by atoms with Gasteiger partial charge in [0, 0.05) is 16.5 Å². The van der Waals surface area contributed by atoms with Crippen molar-refractivity contribution in [3.8, 4) is 33.9 Å². The summed E-state index contributed by atoms with van der Waals surface area (Å²) >= 11 is 0. The van der Waals surface area contributed by atoms with Crippen LogP contribution in [0, 0.1) is 0 Å². The number of hydrogen-bond donors (Lipinski definition) is 1. The fourth-order valence-electron chi connectivity index (χ4n) is 3.99. The van der Waals surface area contributed by atoms with Gasteiger partial charge in [0.1, 0.15) is 5.75 Å². The first-order valence-corrected chi connectivity index (χ1v) is 10.8. The van der Waals surface area contributed by atoms with Gasteiger partial charge in [-0.1, -0.05) is 66.7 Å². The van der Waals surface area contributed by atoms with Crippen molar-refractivity contribution < 1.29 is 31.1 Å². The smallest absolute Gasteiger partial charge is 0.416 e. The fourth-order valence-corrected chi connectivity index (χ4v) is 3.99. The number of rotatable bonds is 4. The first-order chi connectivity index (χ1) is 17.1. The summed E-state index contributed by atoms with van der Waals surface area (Å²) in [7, 11) is 0. The lowest BCUT2D eigenvalue weighted by molar-refractivity contribution is -0.143. The van der Waals surface area contributed by atoms with Gasteiger partial charge in [-0.25, -0.2) is 0 Å². The van der Waals surface area contributed by atoms with Crippen LogP contribution in [0.4, 0.5) is 26.3 Å². The van der Waals surface area contributed by atoms with Gasteiger partial charge in [0.25, 0.3) is 0 Å². The number of alkyl halides is 6. The molecule has 0 unspecified atom stereocenters. The van der Waals surface area contributed by atoms with Crippen LogP contribution in [0.25, 0.3) is 33.3 Å². The first kappa shape index (κ1) is 23.5. The number of benzene rings is 4. The fraction of sp³-hybridized carbons (Fsp3) is 0.0714. The molecule has 0 spiro atoms. The number of para-hydroxylation sites is 1. The van der Waals surface area contributed by atoms with E-state index in [-0.39, 0.29) is 11.8 Å². The number of fused-ring (bicyclic) bond motifs is 1. The maximum atomic E-state index is 13.4. The molecule has 4 aromatic carbocycles. The van der Waals surface area contributed by atoms with Crippen LogP contribution in [0.2, 0.25) is 0 Å².